The summed E-state index contributed by atoms with van der Waals surface area (Å²) in [6.45, 7) is 1.96. The monoisotopic (exact) mass is 300 g/mol. The molecule has 0 aliphatic carbocycles. The fraction of sp³-hybridized carbons (Fsp3) is 0.278. The summed E-state index contributed by atoms with van der Waals surface area (Å²) in [6.07, 6.45) is 0.581. The van der Waals surface area contributed by atoms with Gasteiger partial charge < -0.3 is 4.74 Å². The first-order valence-corrected chi connectivity index (χ1v) is 7.49. The lowest BCUT2D eigenvalue weighted by Gasteiger charge is -2.34. The number of benzene rings is 2. The van der Waals surface area contributed by atoms with Gasteiger partial charge in [-0.2, -0.15) is 12.6 Å². The molecule has 0 aliphatic heterocycles. The van der Waals surface area contributed by atoms with Crippen molar-refractivity contribution in [2.24, 2.45) is 0 Å². The van der Waals surface area contributed by atoms with Crippen molar-refractivity contribution >= 4 is 18.6 Å². The Morgan fingerprint density at radius 1 is 1.05 bits per heavy atom. The highest BCUT2D eigenvalue weighted by Gasteiger charge is 2.43. The van der Waals surface area contributed by atoms with E-state index in [1.807, 2.05) is 67.6 Å². The molecule has 21 heavy (non-hydrogen) atoms. The molecule has 1 atom stereocenters. The third kappa shape index (κ3) is 3.13. The van der Waals surface area contributed by atoms with Crippen LogP contribution in [-0.4, -0.2) is 17.8 Å². The van der Waals surface area contributed by atoms with E-state index in [2.05, 4.69) is 0 Å². The van der Waals surface area contributed by atoms with Gasteiger partial charge in [0.2, 0.25) is 0 Å². The Morgan fingerprint density at radius 3 is 1.81 bits per heavy atom. The van der Waals surface area contributed by atoms with Crippen LogP contribution < -0.4 is 0 Å². The van der Waals surface area contributed by atoms with Crippen LogP contribution in [0, 0.1) is 0 Å². The minimum absolute atomic E-state index is 0.152. The van der Waals surface area contributed by atoms with Crippen molar-refractivity contribution in [1.82, 2.24) is 0 Å². The van der Waals surface area contributed by atoms with Gasteiger partial charge in [0.05, 0.1) is 7.11 Å². The van der Waals surface area contributed by atoms with Gasteiger partial charge in [0.25, 0.3) is 0 Å². The zero-order valence-corrected chi connectivity index (χ0v) is 13.2. The third-order valence-electron chi connectivity index (χ3n) is 3.82. The van der Waals surface area contributed by atoms with Crippen LogP contribution in [0.1, 0.15) is 30.4 Å². The van der Waals surface area contributed by atoms with Gasteiger partial charge in [0.15, 0.2) is 0 Å². The maximum absolute atomic E-state index is 12.4. The number of carbonyl (C=O) groups excluding carboxylic acids is 1. The highest BCUT2D eigenvalue weighted by molar-refractivity contribution is 7.82. The zero-order valence-electron chi connectivity index (χ0n) is 12.3. The molecule has 0 heterocycles. The smallest absolute Gasteiger partial charge is 0.322 e. The molecule has 2 aromatic rings. The molecule has 0 saturated heterocycles. The van der Waals surface area contributed by atoms with Gasteiger partial charge in [-0.3, -0.25) is 4.79 Å². The predicted molar refractivity (Wildman–Crippen MR) is 88.8 cm³/mol. The molecule has 0 spiro atoms. The SMILES string of the molecule is CCC(S)(C(=O)OC)C(c1ccccc1)c1ccccc1. The lowest BCUT2D eigenvalue weighted by molar-refractivity contribution is -0.144. The predicted octanol–water partition coefficient (Wildman–Crippen LogP) is 4.07. The zero-order chi connectivity index (χ0) is 15.3. The second-order valence-corrected chi connectivity index (χ2v) is 5.82. The standard InChI is InChI=1S/C18H20O2S/c1-3-18(21,17(19)20-2)16(14-10-6-4-7-11-14)15-12-8-5-9-13-15/h4-13,16,21H,3H2,1-2H3. The summed E-state index contributed by atoms with van der Waals surface area (Å²) in [5.41, 5.74) is 2.12. The van der Waals surface area contributed by atoms with Gasteiger partial charge in [-0.05, 0) is 17.5 Å². The van der Waals surface area contributed by atoms with Crippen molar-refractivity contribution < 1.29 is 9.53 Å². The van der Waals surface area contributed by atoms with E-state index in [0.29, 0.717) is 6.42 Å². The first-order valence-electron chi connectivity index (χ1n) is 7.04. The molecule has 0 fully saturated rings. The summed E-state index contributed by atoms with van der Waals surface area (Å²) in [6, 6.07) is 20.0. The van der Waals surface area contributed by atoms with Crippen LogP contribution >= 0.6 is 12.6 Å². The second kappa shape index (κ2) is 6.81. The quantitative estimate of drug-likeness (QED) is 0.665. The summed E-state index contributed by atoms with van der Waals surface area (Å²) in [5.74, 6) is -0.452. The molecule has 2 rings (SSSR count). The number of carbonyl (C=O) groups is 1. The van der Waals surface area contributed by atoms with Gasteiger partial charge in [0, 0.05) is 5.92 Å². The Bertz CT molecular complexity index is 543. The van der Waals surface area contributed by atoms with E-state index in [9.17, 15) is 4.79 Å². The molecule has 0 saturated carbocycles. The Morgan fingerprint density at radius 2 is 1.48 bits per heavy atom. The van der Waals surface area contributed by atoms with Gasteiger partial charge >= 0.3 is 5.97 Å². The molecule has 0 amide bonds. The van der Waals surface area contributed by atoms with E-state index in [-0.39, 0.29) is 11.9 Å². The Kier molecular flexibility index (Phi) is 5.07. The fourth-order valence-corrected chi connectivity index (χ4v) is 3.07. The van der Waals surface area contributed by atoms with Crippen LogP contribution in [-0.2, 0) is 9.53 Å². The van der Waals surface area contributed by atoms with Crippen LogP contribution in [0.4, 0.5) is 0 Å². The lowest BCUT2D eigenvalue weighted by atomic mass is 9.78. The highest BCUT2D eigenvalue weighted by Crippen LogP contribution is 2.42. The molecule has 0 radical (unpaired) electrons. The molecule has 0 aromatic heterocycles. The van der Waals surface area contributed by atoms with Gasteiger partial charge in [-0.15, -0.1) is 0 Å². The lowest BCUT2D eigenvalue weighted by Crippen LogP contribution is -2.40. The molecule has 0 N–H and O–H groups in total. The minimum atomic E-state index is -0.891. The number of ether oxygens (including phenoxy) is 1. The Labute approximate surface area is 131 Å². The van der Waals surface area contributed by atoms with Crippen molar-refractivity contribution in [3.63, 3.8) is 0 Å². The fourth-order valence-electron chi connectivity index (χ4n) is 2.68. The van der Waals surface area contributed by atoms with Crippen LogP contribution in [0.2, 0.25) is 0 Å². The van der Waals surface area contributed by atoms with E-state index in [0.717, 1.165) is 11.1 Å². The van der Waals surface area contributed by atoms with Crippen molar-refractivity contribution in [2.75, 3.05) is 7.11 Å². The van der Waals surface area contributed by atoms with Crippen molar-refractivity contribution in [1.29, 1.82) is 0 Å². The first kappa shape index (κ1) is 15.6. The topological polar surface area (TPSA) is 26.3 Å². The van der Waals surface area contributed by atoms with E-state index in [4.69, 9.17) is 17.4 Å². The normalized spacial score (nSPS) is 13.7. The van der Waals surface area contributed by atoms with Gasteiger partial charge in [0.1, 0.15) is 4.75 Å². The number of rotatable bonds is 5. The molecule has 3 heteroatoms. The first-order chi connectivity index (χ1) is 10.1. The summed E-state index contributed by atoms with van der Waals surface area (Å²) >= 11 is 4.74. The summed E-state index contributed by atoms with van der Waals surface area (Å²) < 4.78 is 4.12. The number of hydrogen-bond acceptors (Lipinski definition) is 3. The van der Waals surface area contributed by atoms with Crippen LogP contribution in [0.25, 0.3) is 0 Å². The highest BCUT2D eigenvalue weighted by atomic mass is 32.1. The maximum Gasteiger partial charge on any atom is 0.322 e. The van der Waals surface area contributed by atoms with E-state index in [1.54, 1.807) is 0 Å². The number of esters is 1. The molecule has 2 aromatic carbocycles. The van der Waals surface area contributed by atoms with Crippen LogP contribution in [0.3, 0.4) is 0 Å². The maximum atomic E-state index is 12.4. The molecule has 0 aliphatic rings. The van der Waals surface area contributed by atoms with Crippen LogP contribution in [0.15, 0.2) is 60.7 Å². The van der Waals surface area contributed by atoms with E-state index >= 15 is 0 Å². The number of methoxy groups -OCH3 is 1. The summed E-state index contributed by atoms with van der Waals surface area (Å²) in [4.78, 5) is 12.4. The average Bonchev–Trinajstić information content (AvgIpc) is 2.56. The Hall–Kier alpha value is -1.74. The van der Waals surface area contributed by atoms with E-state index in [1.165, 1.54) is 7.11 Å². The van der Waals surface area contributed by atoms with Gasteiger partial charge in [-0.25, -0.2) is 0 Å². The third-order valence-corrected chi connectivity index (χ3v) is 4.58. The molecule has 110 valence electrons. The van der Waals surface area contributed by atoms with Crippen molar-refractivity contribution in [3.05, 3.63) is 71.8 Å². The molecule has 0 bridgehead atoms. The van der Waals surface area contributed by atoms with Crippen LogP contribution in [0.5, 0.6) is 0 Å². The van der Waals surface area contributed by atoms with Crippen molar-refractivity contribution in [3.8, 4) is 0 Å². The van der Waals surface area contributed by atoms with E-state index < -0.39 is 4.75 Å². The summed E-state index contributed by atoms with van der Waals surface area (Å²) in [5, 5.41) is 0. The average molecular weight is 300 g/mol. The minimum Gasteiger partial charge on any atom is -0.468 e. The largest absolute Gasteiger partial charge is 0.468 e. The van der Waals surface area contributed by atoms with Crippen molar-refractivity contribution in [2.45, 2.75) is 24.0 Å². The molecule has 1 unspecified atom stereocenters. The molecule has 2 nitrogen and oxygen atoms in total. The molecular weight excluding hydrogens is 280 g/mol. The van der Waals surface area contributed by atoms with Gasteiger partial charge in [-0.1, -0.05) is 67.6 Å². The number of thiol groups is 1. The molecular formula is C18H20O2S. The summed E-state index contributed by atoms with van der Waals surface area (Å²) in [7, 11) is 1.41. The number of hydrogen-bond donors (Lipinski definition) is 1. The Balaban J connectivity index is 2.59. The second-order valence-electron chi connectivity index (χ2n) is 5.02.